The van der Waals surface area contributed by atoms with Crippen molar-refractivity contribution in [3.8, 4) is 0 Å². The van der Waals surface area contributed by atoms with Gasteiger partial charge in [-0.05, 0) is 44.2 Å². The first-order chi connectivity index (χ1) is 9.58. The van der Waals surface area contributed by atoms with E-state index in [0.717, 1.165) is 41.7 Å². The minimum atomic E-state index is 0.189. The fourth-order valence-corrected chi connectivity index (χ4v) is 3.36. The van der Waals surface area contributed by atoms with E-state index in [4.69, 9.17) is 0 Å². The highest BCUT2D eigenvalue weighted by Crippen LogP contribution is 2.28. The van der Waals surface area contributed by atoms with Crippen LogP contribution >= 0.6 is 0 Å². The van der Waals surface area contributed by atoms with Crippen LogP contribution in [-0.2, 0) is 0 Å². The van der Waals surface area contributed by atoms with Gasteiger partial charge < -0.3 is 9.88 Å². The molecule has 0 spiro atoms. The highest BCUT2D eigenvalue weighted by molar-refractivity contribution is 6.09. The largest absolute Gasteiger partial charge is 0.358 e. The molecule has 0 saturated carbocycles. The van der Waals surface area contributed by atoms with E-state index < -0.39 is 0 Å². The van der Waals surface area contributed by atoms with Crippen LogP contribution in [0.15, 0.2) is 18.2 Å². The Kier molecular flexibility index (Phi) is 3.28. The number of amides is 1. The molecule has 106 valence electrons. The third kappa shape index (κ3) is 2.11. The van der Waals surface area contributed by atoms with Crippen LogP contribution in [0.25, 0.3) is 10.9 Å². The van der Waals surface area contributed by atoms with Gasteiger partial charge in [-0.3, -0.25) is 4.79 Å². The van der Waals surface area contributed by atoms with E-state index in [1.165, 1.54) is 12.0 Å². The van der Waals surface area contributed by atoms with E-state index >= 15 is 0 Å². The molecule has 1 aromatic heterocycles. The average molecular weight is 270 g/mol. The number of aromatic nitrogens is 1. The molecule has 1 atom stereocenters. The third-order valence-corrected chi connectivity index (χ3v) is 4.38. The highest BCUT2D eigenvalue weighted by Gasteiger charge is 2.26. The summed E-state index contributed by atoms with van der Waals surface area (Å²) in [6.07, 6.45) is 2.35. The fraction of sp³-hybridized carbons (Fsp3) is 0.471. The van der Waals surface area contributed by atoms with Gasteiger partial charge in [0.05, 0.1) is 5.56 Å². The predicted molar refractivity (Wildman–Crippen MR) is 82.1 cm³/mol. The molecule has 0 aliphatic carbocycles. The zero-order valence-electron chi connectivity index (χ0n) is 12.5. The lowest BCUT2D eigenvalue weighted by molar-refractivity contribution is 0.0684. The van der Waals surface area contributed by atoms with Gasteiger partial charge >= 0.3 is 0 Å². The number of aromatic amines is 1. The number of carbonyl (C=O) groups is 1. The molecule has 2 heterocycles. The Bertz CT molecular complexity index is 656. The lowest BCUT2D eigenvalue weighted by Gasteiger charge is -2.31. The van der Waals surface area contributed by atoms with E-state index in [-0.39, 0.29) is 5.91 Å². The van der Waals surface area contributed by atoms with Crippen molar-refractivity contribution in [3.63, 3.8) is 0 Å². The van der Waals surface area contributed by atoms with Crippen molar-refractivity contribution in [2.45, 2.75) is 33.6 Å². The standard InChI is InChI=1S/C17H22N2O/c1-11-6-5-9-19(10-11)17(20)16-13(3)18-14-8-4-7-12(2)15(14)16/h4,7-8,11,18H,5-6,9-10H2,1-3H3. The first kappa shape index (κ1) is 13.2. The number of piperidine rings is 1. The molecule has 1 aliphatic heterocycles. The second-order valence-corrected chi connectivity index (χ2v) is 6.12. The van der Waals surface area contributed by atoms with Gasteiger partial charge in [0.15, 0.2) is 0 Å². The van der Waals surface area contributed by atoms with E-state index in [1.807, 2.05) is 24.0 Å². The molecule has 0 radical (unpaired) electrons. The van der Waals surface area contributed by atoms with Crippen molar-refractivity contribution >= 4 is 16.8 Å². The fourth-order valence-electron chi connectivity index (χ4n) is 3.36. The number of aryl methyl sites for hydroxylation is 2. The van der Waals surface area contributed by atoms with Crippen molar-refractivity contribution in [3.05, 3.63) is 35.0 Å². The molecular weight excluding hydrogens is 248 g/mol. The quantitative estimate of drug-likeness (QED) is 0.843. The topological polar surface area (TPSA) is 36.1 Å². The molecular formula is C17H22N2O. The summed E-state index contributed by atoms with van der Waals surface area (Å²) in [5.74, 6) is 0.800. The van der Waals surface area contributed by atoms with Crippen LogP contribution in [-0.4, -0.2) is 28.9 Å². The smallest absolute Gasteiger partial charge is 0.256 e. The molecule has 2 aromatic rings. The Morgan fingerprint density at radius 3 is 2.90 bits per heavy atom. The summed E-state index contributed by atoms with van der Waals surface area (Å²) in [7, 11) is 0. The van der Waals surface area contributed by atoms with Gasteiger partial charge in [0.25, 0.3) is 5.91 Å². The molecule has 3 nitrogen and oxygen atoms in total. The Morgan fingerprint density at radius 1 is 1.35 bits per heavy atom. The molecule has 1 fully saturated rings. The summed E-state index contributed by atoms with van der Waals surface area (Å²) in [5, 5.41) is 1.09. The Morgan fingerprint density at radius 2 is 2.15 bits per heavy atom. The second-order valence-electron chi connectivity index (χ2n) is 6.12. The number of benzene rings is 1. The number of carbonyl (C=O) groups excluding carboxylic acids is 1. The lowest BCUT2D eigenvalue weighted by Crippen LogP contribution is -2.39. The van der Waals surface area contributed by atoms with Gasteiger partial charge in [-0.1, -0.05) is 19.1 Å². The average Bonchev–Trinajstić information content (AvgIpc) is 2.75. The maximum absolute atomic E-state index is 12.9. The zero-order chi connectivity index (χ0) is 14.3. The van der Waals surface area contributed by atoms with E-state index in [9.17, 15) is 4.79 Å². The van der Waals surface area contributed by atoms with Crippen molar-refractivity contribution in [2.75, 3.05) is 13.1 Å². The van der Waals surface area contributed by atoms with Crippen molar-refractivity contribution in [1.82, 2.24) is 9.88 Å². The summed E-state index contributed by atoms with van der Waals surface area (Å²) in [5.41, 5.74) is 4.08. The summed E-state index contributed by atoms with van der Waals surface area (Å²) in [4.78, 5) is 18.3. The van der Waals surface area contributed by atoms with Crippen molar-refractivity contribution in [1.29, 1.82) is 0 Å². The Hall–Kier alpha value is -1.77. The number of fused-ring (bicyclic) bond motifs is 1. The number of nitrogens with zero attached hydrogens (tertiary/aromatic N) is 1. The summed E-state index contributed by atoms with van der Waals surface area (Å²) < 4.78 is 0. The molecule has 1 N–H and O–H groups in total. The van der Waals surface area contributed by atoms with Gasteiger partial charge in [0.2, 0.25) is 0 Å². The molecule has 1 aliphatic rings. The minimum absolute atomic E-state index is 0.189. The van der Waals surface area contributed by atoms with Gasteiger partial charge in [-0.25, -0.2) is 0 Å². The van der Waals surface area contributed by atoms with Crippen LogP contribution in [0.5, 0.6) is 0 Å². The van der Waals surface area contributed by atoms with Gasteiger partial charge in [-0.2, -0.15) is 0 Å². The first-order valence-electron chi connectivity index (χ1n) is 7.45. The molecule has 20 heavy (non-hydrogen) atoms. The first-order valence-corrected chi connectivity index (χ1v) is 7.45. The third-order valence-electron chi connectivity index (χ3n) is 4.38. The Labute approximate surface area is 120 Å². The summed E-state index contributed by atoms with van der Waals surface area (Å²) >= 11 is 0. The maximum atomic E-state index is 12.9. The molecule has 3 heteroatoms. The van der Waals surface area contributed by atoms with E-state index in [0.29, 0.717) is 5.92 Å². The number of likely N-dealkylation sites (tertiary alicyclic amines) is 1. The van der Waals surface area contributed by atoms with Crippen molar-refractivity contribution < 1.29 is 4.79 Å². The summed E-state index contributed by atoms with van der Waals surface area (Å²) in [6.45, 7) is 8.08. The molecule has 1 aromatic carbocycles. The Balaban J connectivity index is 2.05. The van der Waals surface area contributed by atoms with E-state index in [2.05, 4.69) is 24.9 Å². The second kappa shape index (κ2) is 4.97. The maximum Gasteiger partial charge on any atom is 0.256 e. The van der Waals surface area contributed by atoms with Gasteiger partial charge in [-0.15, -0.1) is 0 Å². The lowest BCUT2D eigenvalue weighted by atomic mass is 9.98. The van der Waals surface area contributed by atoms with Crippen LogP contribution in [0.2, 0.25) is 0 Å². The van der Waals surface area contributed by atoms with Crippen LogP contribution in [0.4, 0.5) is 0 Å². The van der Waals surface area contributed by atoms with Crippen molar-refractivity contribution in [2.24, 2.45) is 5.92 Å². The van der Waals surface area contributed by atoms with E-state index in [1.54, 1.807) is 0 Å². The number of rotatable bonds is 1. The van der Waals surface area contributed by atoms with Crippen LogP contribution in [0.1, 0.15) is 41.4 Å². The van der Waals surface area contributed by atoms with Crippen LogP contribution in [0.3, 0.4) is 0 Å². The van der Waals surface area contributed by atoms with Gasteiger partial charge in [0.1, 0.15) is 0 Å². The predicted octanol–water partition coefficient (Wildman–Crippen LogP) is 3.66. The summed E-state index contributed by atoms with van der Waals surface area (Å²) in [6, 6.07) is 6.15. The normalized spacial score (nSPS) is 19.6. The minimum Gasteiger partial charge on any atom is -0.358 e. The highest BCUT2D eigenvalue weighted by atomic mass is 16.2. The number of H-pyrrole nitrogens is 1. The number of hydrogen-bond donors (Lipinski definition) is 1. The number of hydrogen-bond acceptors (Lipinski definition) is 1. The molecule has 1 amide bonds. The SMILES string of the molecule is Cc1[nH]c2cccc(C)c2c1C(=O)N1CCCC(C)C1. The molecule has 0 bridgehead atoms. The molecule has 1 saturated heterocycles. The molecule has 3 rings (SSSR count). The van der Waals surface area contributed by atoms with Crippen LogP contribution < -0.4 is 0 Å². The van der Waals surface area contributed by atoms with Gasteiger partial charge in [0, 0.05) is 29.7 Å². The number of nitrogens with one attached hydrogen (secondary N) is 1. The molecule has 1 unspecified atom stereocenters. The monoisotopic (exact) mass is 270 g/mol. The van der Waals surface area contributed by atoms with Crippen LogP contribution in [0, 0.1) is 19.8 Å². The zero-order valence-corrected chi connectivity index (χ0v) is 12.5.